The van der Waals surface area contributed by atoms with Crippen LogP contribution in [-0.4, -0.2) is 29.6 Å². The average Bonchev–Trinajstić information content (AvgIpc) is 1.97. The number of aliphatic carboxylic acids is 1. The molecule has 0 aromatic heterocycles. The second-order valence-corrected chi connectivity index (χ2v) is 2.39. The maximum atomic E-state index is 10.2. The van der Waals surface area contributed by atoms with E-state index in [1.54, 1.807) is 0 Å². The van der Waals surface area contributed by atoms with E-state index in [4.69, 9.17) is 22.3 Å². The largest absolute Gasteiger partial charge is 0.480 e. The van der Waals surface area contributed by atoms with Crippen molar-refractivity contribution in [2.75, 3.05) is 6.54 Å². The molecule has 0 aromatic rings. The molecular formula is C6H14N4O2. The summed E-state index contributed by atoms with van der Waals surface area (Å²) in [6.07, 6.45) is 0.956. The number of rotatable bonds is 5. The van der Waals surface area contributed by atoms with Crippen LogP contribution < -0.4 is 17.2 Å². The fourth-order valence-electron chi connectivity index (χ4n) is 0.643. The molecule has 0 amide bonds. The second-order valence-electron chi connectivity index (χ2n) is 2.39. The van der Waals surface area contributed by atoms with Gasteiger partial charge in [0.05, 0.1) is 0 Å². The maximum Gasteiger partial charge on any atom is 0.320 e. The van der Waals surface area contributed by atoms with Crippen LogP contribution >= 0.6 is 0 Å². The van der Waals surface area contributed by atoms with Gasteiger partial charge in [-0.05, 0) is 12.8 Å². The zero-order chi connectivity index (χ0) is 9.56. The van der Waals surface area contributed by atoms with E-state index in [0.29, 0.717) is 19.4 Å². The minimum absolute atomic E-state index is 0.0129. The first-order valence-corrected chi connectivity index (χ1v) is 3.58. The van der Waals surface area contributed by atoms with Gasteiger partial charge >= 0.3 is 5.97 Å². The summed E-state index contributed by atoms with van der Waals surface area (Å²) >= 11 is 0. The summed E-state index contributed by atoms with van der Waals surface area (Å²) in [5.41, 5.74) is 15.3. The molecule has 12 heavy (non-hydrogen) atoms. The lowest BCUT2D eigenvalue weighted by Gasteiger charge is -2.03. The summed E-state index contributed by atoms with van der Waals surface area (Å²) in [7, 11) is 0. The summed E-state index contributed by atoms with van der Waals surface area (Å²) in [5, 5.41) is 8.38. The lowest BCUT2D eigenvalue weighted by atomic mass is 10.2. The smallest absolute Gasteiger partial charge is 0.320 e. The van der Waals surface area contributed by atoms with E-state index in [0.717, 1.165) is 0 Å². The number of carboxylic acids is 1. The van der Waals surface area contributed by atoms with Crippen LogP contribution in [0.4, 0.5) is 0 Å². The van der Waals surface area contributed by atoms with E-state index in [1.807, 2.05) is 0 Å². The number of nitrogens with zero attached hydrogens (tertiary/aromatic N) is 1. The van der Waals surface area contributed by atoms with E-state index in [9.17, 15) is 4.79 Å². The number of carboxylic acid groups (broad SMARTS) is 1. The van der Waals surface area contributed by atoms with Crippen LogP contribution in [0, 0.1) is 0 Å². The van der Waals surface area contributed by atoms with Gasteiger partial charge in [0.2, 0.25) is 0 Å². The van der Waals surface area contributed by atoms with Gasteiger partial charge in [-0.2, -0.15) is 0 Å². The third-order valence-electron chi connectivity index (χ3n) is 1.28. The molecule has 0 heterocycles. The minimum atomic E-state index is -1.00. The van der Waals surface area contributed by atoms with Gasteiger partial charge in [-0.15, -0.1) is 0 Å². The Morgan fingerprint density at radius 2 is 2.08 bits per heavy atom. The summed E-state index contributed by atoms with van der Waals surface area (Å²) in [5.74, 6) is -0.987. The number of aliphatic imine (C=N–C) groups is 1. The standard InChI is InChI=1S/C6H14N4O2/c7-4(5(11)12)2-1-3-10-6(8)9/h4H,1-3,7H2,(H,11,12)(H4,8,9,10)/i7+1,8+1,9+1,10+1. The lowest BCUT2D eigenvalue weighted by Crippen LogP contribution is -2.30. The van der Waals surface area contributed by atoms with Gasteiger partial charge in [-0.3, -0.25) is 9.79 Å². The zero-order valence-electron chi connectivity index (χ0n) is 6.73. The third-order valence-corrected chi connectivity index (χ3v) is 1.28. The molecule has 6 nitrogen and oxygen atoms in total. The normalized spacial score (nSPS) is 12.1. The Morgan fingerprint density at radius 3 is 2.50 bits per heavy atom. The zero-order valence-corrected chi connectivity index (χ0v) is 6.73. The van der Waals surface area contributed by atoms with E-state index < -0.39 is 12.0 Å². The van der Waals surface area contributed by atoms with Crippen molar-refractivity contribution in [3.63, 3.8) is 0 Å². The number of nitrogens with two attached hydrogens (primary N) is 3. The van der Waals surface area contributed by atoms with Gasteiger partial charge in [-0.25, -0.2) is 0 Å². The molecule has 0 saturated heterocycles. The molecule has 1 unspecified atom stereocenters. The van der Waals surface area contributed by atoms with E-state index in [2.05, 4.69) is 4.99 Å². The molecule has 6 heteroatoms. The van der Waals surface area contributed by atoms with Crippen LogP contribution in [0.1, 0.15) is 12.8 Å². The monoisotopic (exact) mass is 178 g/mol. The minimum Gasteiger partial charge on any atom is -0.480 e. The van der Waals surface area contributed by atoms with Crippen molar-refractivity contribution in [3.8, 4) is 0 Å². The first-order chi connectivity index (χ1) is 5.54. The molecule has 70 valence electrons. The van der Waals surface area contributed by atoms with Crippen LogP contribution in [0.3, 0.4) is 0 Å². The van der Waals surface area contributed by atoms with Crippen molar-refractivity contribution in [1.29, 1.82) is 0 Å². The molecule has 1 atom stereocenters. The Kier molecular flexibility index (Phi) is 4.78. The van der Waals surface area contributed by atoms with E-state index in [1.165, 1.54) is 0 Å². The quantitative estimate of drug-likeness (QED) is 0.175. The maximum absolute atomic E-state index is 10.2. The van der Waals surface area contributed by atoms with Gasteiger partial charge < -0.3 is 22.3 Å². The van der Waals surface area contributed by atoms with Crippen LogP contribution in [0.25, 0.3) is 0 Å². The topological polar surface area (TPSA) is 128 Å². The molecule has 0 aliphatic carbocycles. The summed E-state index contributed by atoms with van der Waals surface area (Å²) in [6, 6.07) is -0.820. The highest BCUT2D eigenvalue weighted by Crippen LogP contribution is 1.94. The van der Waals surface area contributed by atoms with Crippen LogP contribution in [0.5, 0.6) is 0 Å². The molecule has 0 fully saturated rings. The van der Waals surface area contributed by atoms with E-state index >= 15 is 0 Å². The summed E-state index contributed by atoms with van der Waals surface area (Å²) < 4.78 is 0. The first-order valence-electron chi connectivity index (χ1n) is 3.58. The predicted molar refractivity (Wildman–Crippen MR) is 45.5 cm³/mol. The second kappa shape index (κ2) is 5.36. The summed E-state index contributed by atoms with van der Waals surface area (Å²) in [4.78, 5) is 13.9. The van der Waals surface area contributed by atoms with Crippen molar-refractivity contribution < 1.29 is 9.90 Å². The number of hydrogen-bond acceptors (Lipinski definition) is 3. The van der Waals surface area contributed by atoms with Crippen molar-refractivity contribution in [2.24, 2.45) is 22.2 Å². The molecule has 0 spiro atoms. The van der Waals surface area contributed by atoms with Gasteiger partial charge in [-0.1, -0.05) is 0 Å². The molecule has 7 N–H and O–H groups in total. The molecule has 0 radical (unpaired) electrons. The third kappa shape index (κ3) is 5.48. The highest BCUT2D eigenvalue weighted by Gasteiger charge is 2.09. The molecule has 0 aromatic carbocycles. The van der Waals surface area contributed by atoms with Crippen molar-refractivity contribution >= 4 is 11.9 Å². The lowest BCUT2D eigenvalue weighted by molar-refractivity contribution is -0.138. The van der Waals surface area contributed by atoms with Gasteiger partial charge in [0.25, 0.3) is 0 Å². The Bertz CT molecular complexity index is 176. The van der Waals surface area contributed by atoms with Crippen molar-refractivity contribution in [2.45, 2.75) is 18.9 Å². The highest BCUT2D eigenvalue weighted by atomic mass is 16.4. The van der Waals surface area contributed by atoms with Crippen LogP contribution in [0.15, 0.2) is 4.99 Å². The fraction of sp³-hybridized carbons (Fsp3) is 0.667. The SMILES string of the molecule is [15NH2]C([15NH2])=[15N]CCCC([15NH2])C(=O)O. The van der Waals surface area contributed by atoms with Crippen LogP contribution in [0.2, 0.25) is 0 Å². The Labute approximate surface area is 70.4 Å². The predicted octanol–water partition coefficient (Wildman–Crippen LogP) is -1.55. The first kappa shape index (κ1) is 10.7. The number of hydrogen-bond donors (Lipinski definition) is 4. The number of carbonyl (C=O) groups is 1. The highest BCUT2D eigenvalue weighted by molar-refractivity contribution is 5.75. The molecule has 0 rings (SSSR count). The van der Waals surface area contributed by atoms with Crippen LogP contribution in [-0.2, 0) is 4.79 Å². The van der Waals surface area contributed by atoms with Crippen molar-refractivity contribution in [1.82, 2.24) is 0 Å². The molecule has 0 bridgehead atoms. The molecule has 0 saturated carbocycles. The summed E-state index contributed by atoms with van der Waals surface area (Å²) in [6.45, 7) is 0.420. The Hall–Kier alpha value is -1.30. The van der Waals surface area contributed by atoms with Crippen molar-refractivity contribution in [3.05, 3.63) is 0 Å². The average molecular weight is 178 g/mol. The fourth-order valence-corrected chi connectivity index (χ4v) is 0.643. The molecular weight excluding hydrogens is 164 g/mol. The molecule has 0 aliphatic rings. The Balaban J connectivity index is 3.44. The van der Waals surface area contributed by atoms with E-state index in [-0.39, 0.29) is 5.96 Å². The van der Waals surface area contributed by atoms with Gasteiger partial charge in [0.1, 0.15) is 6.04 Å². The number of guanidine groups is 1. The molecule has 0 aliphatic heterocycles. The van der Waals surface area contributed by atoms with Gasteiger partial charge in [0, 0.05) is 6.54 Å². The Morgan fingerprint density at radius 1 is 1.50 bits per heavy atom. The van der Waals surface area contributed by atoms with Gasteiger partial charge in [0.15, 0.2) is 5.96 Å².